The van der Waals surface area contributed by atoms with Crippen LogP contribution in [0.3, 0.4) is 0 Å². The van der Waals surface area contributed by atoms with Crippen LogP contribution < -0.4 is 15.0 Å². The van der Waals surface area contributed by atoms with Crippen molar-refractivity contribution in [3.8, 4) is 17.1 Å². The second kappa shape index (κ2) is 8.18. The van der Waals surface area contributed by atoms with Crippen LogP contribution in [0.5, 0.6) is 5.75 Å². The van der Waals surface area contributed by atoms with Gasteiger partial charge in [-0.3, -0.25) is 9.59 Å². The Kier molecular flexibility index (Phi) is 5.29. The Labute approximate surface area is 168 Å². The van der Waals surface area contributed by atoms with E-state index in [1.165, 1.54) is 0 Å². The molecule has 148 valence electrons. The van der Waals surface area contributed by atoms with E-state index in [1.54, 1.807) is 18.1 Å². The molecule has 2 aromatic carbocycles. The molecule has 0 saturated carbocycles. The third kappa shape index (κ3) is 4.13. The molecule has 0 aliphatic carbocycles. The number of carbonyl (C=O) groups excluding carboxylic acids is 2. The largest absolute Gasteiger partial charge is 0.497 e. The first-order valence-electron chi connectivity index (χ1n) is 9.37. The van der Waals surface area contributed by atoms with Gasteiger partial charge in [-0.1, -0.05) is 23.4 Å². The standard InChI is InChI=1S/C22H21N3O4/c1-28-19-9-7-15(8-10-19)20-12-17(24-29-20)13-23-22(27)16-11-21(26)25(14-16)18-5-3-2-4-6-18/h2-10,12,16H,11,13-14H2,1H3,(H,23,27). The molecule has 2 heterocycles. The fraction of sp³-hybridized carbons (Fsp3) is 0.227. The lowest BCUT2D eigenvalue weighted by molar-refractivity contribution is -0.126. The van der Waals surface area contributed by atoms with Crippen molar-refractivity contribution in [2.75, 3.05) is 18.6 Å². The molecule has 1 saturated heterocycles. The van der Waals surface area contributed by atoms with Crippen LogP contribution in [0.15, 0.2) is 65.2 Å². The molecule has 3 aromatic rings. The maximum atomic E-state index is 12.5. The summed E-state index contributed by atoms with van der Waals surface area (Å²) in [5, 5.41) is 6.87. The van der Waals surface area contributed by atoms with Crippen LogP contribution in [-0.4, -0.2) is 30.6 Å². The lowest BCUT2D eigenvalue weighted by Crippen LogP contribution is -2.32. The van der Waals surface area contributed by atoms with Crippen LogP contribution in [0.25, 0.3) is 11.3 Å². The van der Waals surface area contributed by atoms with E-state index in [1.807, 2.05) is 54.6 Å². The molecule has 7 heteroatoms. The summed E-state index contributed by atoms with van der Waals surface area (Å²) in [4.78, 5) is 26.5. The number of rotatable bonds is 6. The van der Waals surface area contributed by atoms with E-state index in [4.69, 9.17) is 9.26 Å². The minimum absolute atomic E-state index is 0.0421. The number of para-hydroxylation sites is 1. The van der Waals surface area contributed by atoms with Crippen molar-refractivity contribution in [2.45, 2.75) is 13.0 Å². The second-order valence-corrected chi connectivity index (χ2v) is 6.87. The molecule has 0 radical (unpaired) electrons. The molecule has 0 bridgehead atoms. The monoisotopic (exact) mass is 391 g/mol. The highest BCUT2D eigenvalue weighted by Crippen LogP contribution is 2.25. The quantitative estimate of drug-likeness (QED) is 0.698. The molecule has 0 spiro atoms. The second-order valence-electron chi connectivity index (χ2n) is 6.87. The summed E-state index contributed by atoms with van der Waals surface area (Å²) in [6, 6.07) is 18.6. The molecule has 1 atom stereocenters. The third-order valence-corrected chi connectivity index (χ3v) is 4.94. The topological polar surface area (TPSA) is 84.7 Å². The van der Waals surface area contributed by atoms with Crippen LogP contribution >= 0.6 is 0 Å². The van der Waals surface area contributed by atoms with E-state index in [0.717, 1.165) is 17.0 Å². The van der Waals surface area contributed by atoms with Gasteiger partial charge in [-0.15, -0.1) is 0 Å². The zero-order chi connectivity index (χ0) is 20.2. The lowest BCUT2D eigenvalue weighted by Gasteiger charge is -2.16. The number of carbonyl (C=O) groups is 2. The summed E-state index contributed by atoms with van der Waals surface area (Å²) in [7, 11) is 1.61. The molecule has 1 aliphatic rings. The first-order chi connectivity index (χ1) is 14.1. The van der Waals surface area contributed by atoms with E-state index < -0.39 is 0 Å². The first kappa shape index (κ1) is 18.7. The highest BCUT2D eigenvalue weighted by molar-refractivity contribution is 6.00. The Morgan fingerprint density at radius 2 is 1.97 bits per heavy atom. The molecular weight excluding hydrogens is 370 g/mol. The molecule has 1 aliphatic heterocycles. The van der Waals surface area contributed by atoms with Crippen molar-refractivity contribution in [3.05, 3.63) is 66.4 Å². The van der Waals surface area contributed by atoms with Crippen molar-refractivity contribution in [1.29, 1.82) is 0 Å². The number of aromatic nitrogens is 1. The summed E-state index contributed by atoms with van der Waals surface area (Å²) in [5.41, 5.74) is 2.30. The summed E-state index contributed by atoms with van der Waals surface area (Å²) >= 11 is 0. The van der Waals surface area contributed by atoms with Gasteiger partial charge in [0.1, 0.15) is 11.4 Å². The Morgan fingerprint density at radius 3 is 2.69 bits per heavy atom. The number of benzene rings is 2. The van der Waals surface area contributed by atoms with Gasteiger partial charge >= 0.3 is 0 Å². The molecule has 7 nitrogen and oxygen atoms in total. The van der Waals surface area contributed by atoms with E-state index in [-0.39, 0.29) is 30.7 Å². The number of methoxy groups -OCH3 is 1. The fourth-order valence-corrected chi connectivity index (χ4v) is 3.35. The first-order valence-corrected chi connectivity index (χ1v) is 9.37. The Morgan fingerprint density at radius 1 is 1.21 bits per heavy atom. The maximum absolute atomic E-state index is 12.5. The van der Waals surface area contributed by atoms with E-state index >= 15 is 0 Å². The number of hydrogen-bond donors (Lipinski definition) is 1. The number of nitrogens with zero attached hydrogens (tertiary/aromatic N) is 2. The Balaban J connectivity index is 1.34. The Hall–Kier alpha value is -3.61. The van der Waals surface area contributed by atoms with Gasteiger partial charge in [0.15, 0.2) is 5.76 Å². The van der Waals surface area contributed by atoms with Gasteiger partial charge in [0, 0.05) is 30.3 Å². The molecule has 1 unspecified atom stereocenters. The fourth-order valence-electron chi connectivity index (χ4n) is 3.35. The highest BCUT2D eigenvalue weighted by Gasteiger charge is 2.34. The number of anilines is 1. The number of nitrogens with one attached hydrogen (secondary N) is 1. The van der Waals surface area contributed by atoms with E-state index in [2.05, 4.69) is 10.5 Å². The molecule has 1 fully saturated rings. The SMILES string of the molecule is COc1ccc(-c2cc(CNC(=O)C3CC(=O)N(c4ccccc4)C3)no2)cc1. The molecule has 1 N–H and O–H groups in total. The summed E-state index contributed by atoms with van der Waals surface area (Å²) < 4.78 is 10.5. The predicted octanol–water partition coefficient (Wildman–Crippen LogP) is 3.02. The minimum atomic E-state index is -0.379. The van der Waals surface area contributed by atoms with E-state index in [0.29, 0.717) is 18.0 Å². The molecule has 4 rings (SSSR count). The van der Waals surface area contributed by atoms with Crippen molar-refractivity contribution < 1.29 is 18.8 Å². The smallest absolute Gasteiger partial charge is 0.227 e. The maximum Gasteiger partial charge on any atom is 0.227 e. The third-order valence-electron chi connectivity index (χ3n) is 4.94. The summed E-state index contributed by atoms with van der Waals surface area (Å²) in [6.07, 6.45) is 0.205. The van der Waals surface area contributed by atoms with Gasteiger partial charge in [0.2, 0.25) is 11.8 Å². The molecular formula is C22H21N3O4. The van der Waals surface area contributed by atoms with Gasteiger partial charge in [-0.05, 0) is 36.4 Å². The average molecular weight is 391 g/mol. The van der Waals surface area contributed by atoms with Gasteiger partial charge in [-0.2, -0.15) is 0 Å². The zero-order valence-electron chi connectivity index (χ0n) is 16.0. The zero-order valence-corrected chi connectivity index (χ0v) is 16.0. The molecule has 29 heavy (non-hydrogen) atoms. The van der Waals surface area contributed by atoms with Crippen molar-refractivity contribution in [1.82, 2.24) is 10.5 Å². The minimum Gasteiger partial charge on any atom is -0.497 e. The molecule has 2 amide bonds. The van der Waals surface area contributed by atoms with Crippen LogP contribution in [0.1, 0.15) is 12.1 Å². The van der Waals surface area contributed by atoms with Crippen LogP contribution in [0, 0.1) is 5.92 Å². The molecule has 1 aromatic heterocycles. The van der Waals surface area contributed by atoms with E-state index in [9.17, 15) is 9.59 Å². The number of amides is 2. The van der Waals surface area contributed by atoms with Crippen LogP contribution in [-0.2, 0) is 16.1 Å². The van der Waals surface area contributed by atoms with Gasteiger partial charge in [0.25, 0.3) is 0 Å². The van der Waals surface area contributed by atoms with Crippen molar-refractivity contribution in [3.63, 3.8) is 0 Å². The number of hydrogen-bond acceptors (Lipinski definition) is 5. The van der Waals surface area contributed by atoms with Gasteiger partial charge in [-0.25, -0.2) is 0 Å². The summed E-state index contributed by atoms with van der Waals surface area (Å²) in [6.45, 7) is 0.624. The van der Waals surface area contributed by atoms with Gasteiger partial charge in [0.05, 0.1) is 19.6 Å². The number of ether oxygens (including phenoxy) is 1. The summed E-state index contributed by atoms with van der Waals surface area (Å²) in [5.74, 6) is 0.792. The van der Waals surface area contributed by atoms with Crippen LogP contribution in [0.2, 0.25) is 0 Å². The van der Waals surface area contributed by atoms with Gasteiger partial charge < -0.3 is 19.5 Å². The normalized spacial score (nSPS) is 16.1. The van der Waals surface area contributed by atoms with Crippen molar-refractivity contribution >= 4 is 17.5 Å². The van der Waals surface area contributed by atoms with Crippen molar-refractivity contribution in [2.24, 2.45) is 5.92 Å². The van der Waals surface area contributed by atoms with Crippen LogP contribution in [0.4, 0.5) is 5.69 Å². The lowest BCUT2D eigenvalue weighted by atomic mass is 10.1. The highest BCUT2D eigenvalue weighted by atomic mass is 16.5. The predicted molar refractivity (Wildman–Crippen MR) is 107 cm³/mol. The average Bonchev–Trinajstić information content (AvgIpc) is 3.39. The Bertz CT molecular complexity index is 998.